The fourth-order valence-electron chi connectivity index (χ4n) is 7.29. The Bertz CT molecular complexity index is 880. The van der Waals surface area contributed by atoms with Crippen LogP contribution in [-0.4, -0.2) is 38.0 Å². The number of hydrogen-bond acceptors (Lipinski definition) is 4. The summed E-state index contributed by atoms with van der Waals surface area (Å²) < 4.78 is 0. The lowest BCUT2D eigenvalue weighted by molar-refractivity contribution is -0.210. The molecule has 0 saturated heterocycles. The number of fused-ring (bicyclic) bond motifs is 1. The molecule has 1 aromatic heterocycles. The Kier molecular flexibility index (Phi) is 3.50. The number of aliphatic hydroxyl groups is 1. The van der Waals surface area contributed by atoms with Gasteiger partial charge in [-0.05, 0) is 63.2 Å². The molecule has 1 aliphatic heterocycles. The number of aromatic nitrogens is 2. The third kappa shape index (κ3) is 2.52. The van der Waals surface area contributed by atoms with Crippen LogP contribution in [0.25, 0.3) is 0 Å². The predicted molar refractivity (Wildman–Crippen MR) is 100 cm³/mol. The minimum atomic E-state index is -0.662. The van der Waals surface area contributed by atoms with Crippen LogP contribution in [0.1, 0.15) is 69.0 Å². The zero-order chi connectivity index (χ0) is 19.0. The third-order valence-corrected chi connectivity index (χ3v) is 7.84. The summed E-state index contributed by atoms with van der Waals surface area (Å²) in [5.74, 6) is 1.26. The summed E-state index contributed by atoms with van der Waals surface area (Å²) in [7, 11) is 0. The van der Waals surface area contributed by atoms with Crippen molar-refractivity contribution in [3.05, 3.63) is 27.4 Å². The Morgan fingerprint density at radius 1 is 1.30 bits per heavy atom. The van der Waals surface area contributed by atoms with Gasteiger partial charge in [0.2, 0.25) is 5.91 Å². The molecule has 146 valence electrons. The predicted octanol–water partition coefficient (Wildman–Crippen LogP) is 2.07. The quantitative estimate of drug-likeness (QED) is 0.833. The fraction of sp³-hybridized carbons (Fsp3) is 0.762. The van der Waals surface area contributed by atoms with Gasteiger partial charge >= 0.3 is 0 Å². The van der Waals surface area contributed by atoms with Crippen LogP contribution >= 0.6 is 0 Å². The summed E-state index contributed by atoms with van der Waals surface area (Å²) in [5.41, 5.74) is 0.439. The summed E-state index contributed by atoms with van der Waals surface area (Å²) in [5, 5.41) is 11.2. The largest absolute Gasteiger partial charge is 0.390 e. The second-order valence-corrected chi connectivity index (χ2v) is 9.92. The molecule has 6 heteroatoms. The monoisotopic (exact) mass is 371 g/mol. The van der Waals surface area contributed by atoms with Crippen molar-refractivity contribution in [2.45, 2.75) is 77.4 Å². The highest BCUT2D eigenvalue weighted by Gasteiger charge is 2.65. The average molecular weight is 371 g/mol. The summed E-state index contributed by atoms with van der Waals surface area (Å²) in [6.45, 7) is 4.99. The lowest BCUT2D eigenvalue weighted by Crippen LogP contribution is -2.64. The molecular weight excluding hydrogens is 342 g/mol. The van der Waals surface area contributed by atoms with E-state index in [0.717, 1.165) is 43.4 Å². The minimum Gasteiger partial charge on any atom is -0.390 e. The van der Waals surface area contributed by atoms with Gasteiger partial charge in [-0.1, -0.05) is 13.3 Å². The van der Waals surface area contributed by atoms with E-state index in [2.05, 4.69) is 16.9 Å². The van der Waals surface area contributed by atoms with Gasteiger partial charge in [0.25, 0.3) is 5.56 Å². The zero-order valence-corrected chi connectivity index (χ0v) is 16.3. The molecule has 6 nitrogen and oxygen atoms in total. The topological polar surface area (TPSA) is 86.3 Å². The highest BCUT2D eigenvalue weighted by molar-refractivity contribution is 5.84. The Morgan fingerprint density at radius 2 is 2.11 bits per heavy atom. The van der Waals surface area contributed by atoms with Gasteiger partial charge in [0.1, 0.15) is 5.82 Å². The van der Waals surface area contributed by atoms with Crippen molar-refractivity contribution in [2.24, 2.45) is 16.7 Å². The van der Waals surface area contributed by atoms with E-state index < -0.39 is 11.0 Å². The number of aromatic amines is 1. The lowest BCUT2D eigenvalue weighted by atomic mass is 9.42. The molecule has 1 amide bonds. The highest BCUT2D eigenvalue weighted by atomic mass is 16.3. The van der Waals surface area contributed by atoms with Gasteiger partial charge in [0.05, 0.1) is 23.3 Å². The number of amides is 1. The van der Waals surface area contributed by atoms with Crippen LogP contribution in [0, 0.1) is 23.7 Å². The third-order valence-electron chi connectivity index (χ3n) is 7.84. The number of nitrogens with one attached hydrogen (secondary N) is 1. The molecule has 6 rings (SSSR count). The molecule has 0 unspecified atom stereocenters. The number of aryl methyl sites for hydroxylation is 1. The summed E-state index contributed by atoms with van der Waals surface area (Å²) >= 11 is 0. The SMILES string of the molecule is CC[C@]12C[C@@H]3C[C@@](O)(C1)C[C@@](C(=O)N1CCc4c(nc(C)[nH]c4=O)C1)(C3)C2. The van der Waals surface area contributed by atoms with Gasteiger partial charge in [-0.2, -0.15) is 0 Å². The van der Waals surface area contributed by atoms with E-state index in [1.807, 2.05) is 4.90 Å². The van der Waals surface area contributed by atoms with E-state index in [9.17, 15) is 14.7 Å². The van der Waals surface area contributed by atoms with Crippen LogP contribution in [0.2, 0.25) is 0 Å². The summed E-state index contributed by atoms with van der Waals surface area (Å²) in [6, 6.07) is 0. The van der Waals surface area contributed by atoms with Crippen molar-refractivity contribution >= 4 is 5.91 Å². The van der Waals surface area contributed by atoms with Crippen molar-refractivity contribution in [1.82, 2.24) is 14.9 Å². The van der Waals surface area contributed by atoms with Crippen molar-refractivity contribution in [1.29, 1.82) is 0 Å². The van der Waals surface area contributed by atoms with E-state index >= 15 is 0 Å². The smallest absolute Gasteiger partial charge is 0.254 e. The van der Waals surface area contributed by atoms with E-state index in [-0.39, 0.29) is 16.9 Å². The normalized spacial score (nSPS) is 39.5. The molecule has 0 aromatic carbocycles. The van der Waals surface area contributed by atoms with E-state index in [4.69, 9.17) is 0 Å². The van der Waals surface area contributed by atoms with Crippen LogP contribution in [0.4, 0.5) is 0 Å². The molecule has 4 aliphatic carbocycles. The van der Waals surface area contributed by atoms with Gasteiger partial charge in [-0.25, -0.2) is 4.98 Å². The molecule has 4 saturated carbocycles. The fourth-order valence-corrected chi connectivity index (χ4v) is 7.29. The maximum absolute atomic E-state index is 13.7. The molecule has 4 bridgehead atoms. The Labute approximate surface area is 159 Å². The Morgan fingerprint density at radius 3 is 2.85 bits per heavy atom. The van der Waals surface area contributed by atoms with Gasteiger partial charge in [0.15, 0.2) is 0 Å². The van der Waals surface area contributed by atoms with Crippen LogP contribution in [0.5, 0.6) is 0 Å². The van der Waals surface area contributed by atoms with Crippen LogP contribution in [0.15, 0.2) is 4.79 Å². The van der Waals surface area contributed by atoms with Crippen LogP contribution < -0.4 is 5.56 Å². The van der Waals surface area contributed by atoms with Gasteiger partial charge in [-0.15, -0.1) is 0 Å². The first-order valence-electron chi connectivity index (χ1n) is 10.4. The van der Waals surface area contributed by atoms with Crippen molar-refractivity contribution in [3.8, 4) is 0 Å². The molecule has 2 heterocycles. The minimum absolute atomic E-state index is 0.0707. The second kappa shape index (κ2) is 5.43. The average Bonchev–Trinajstić information content (AvgIpc) is 2.58. The number of H-pyrrole nitrogens is 1. The number of carbonyl (C=O) groups is 1. The van der Waals surface area contributed by atoms with E-state index in [1.165, 1.54) is 6.42 Å². The van der Waals surface area contributed by atoms with Crippen LogP contribution in [0.3, 0.4) is 0 Å². The van der Waals surface area contributed by atoms with Gasteiger partial charge in [0, 0.05) is 12.1 Å². The molecule has 0 radical (unpaired) electrons. The number of rotatable bonds is 2. The van der Waals surface area contributed by atoms with Crippen molar-refractivity contribution < 1.29 is 9.90 Å². The van der Waals surface area contributed by atoms with E-state index in [0.29, 0.717) is 37.7 Å². The molecule has 0 spiro atoms. The maximum atomic E-state index is 13.7. The van der Waals surface area contributed by atoms with Crippen LogP contribution in [-0.2, 0) is 17.8 Å². The molecule has 1 aromatic rings. The lowest BCUT2D eigenvalue weighted by Gasteiger charge is -2.65. The van der Waals surface area contributed by atoms with Crippen molar-refractivity contribution in [2.75, 3.05) is 6.54 Å². The first-order valence-corrected chi connectivity index (χ1v) is 10.4. The zero-order valence-electron chi connectivity index (χ0n) is 16.3. The molecule has 5 aliphatic rings. The standard InChI is InChI=1S/C21H29N3O3/c1-3-19-6-14-7-20(10-19,12-21(27,8-14)11-19)18(26)24-5-4-15-16(9-24)22-13(2)23-17(15)25/h14,27H,3-12H2,1-2H3,(H,22,23,25)/t14-,19+,20+,21+/m0/s1. The molecule has 2 N–H and O–H groups in total. The number of nitrogens with zero attached hydrogens (tertiary/aromatic N) is 2. The molecule has 4 fully saturated rings. The molecule has 4 atom stereocenters. The van der Waals surface area contributed by atoms with Crippen molar-refractivity contribution in [3.63, 3.8) is 0 Å². The van der Waals surface area contributed by atoms with Gasteiger partial charge < -0.3 is 15.0 Å². The van der Waals surface area contributed by atoms with Gasteiger partial charge in [-0.3, -0.25) is 9.59 Å². The summed E-state index contributed by atoms with van der Waals surface area (Å²) in [6.07, 6.45) is 6.94. The number of hydrogen-bond donors (Lipinski definition) is 2. The Hall–Kier alpha value is -1.69. The summed E-state index contributed by atoms with van der Waals surface area (Å²) in [4.78, 5) is 35.1. The first kappa shape index (κ1) is 17.4. The molecular formula is C21H29N3O3. The molecule has 27 heavy (non-hydrogen) atoms. The van der Waals surface area contributed by atoms with E-state index in [1.54, 1.807) is 6.92 Å². The second-order valence-electron chi connectivity index (χ2n) is 9.92. The first-order chi connectivity index (χ1) is 12.8. The highest BCUT2D eigenvalue weighted by Crippen LogP contribution is 2.68. The Balaban J connectivity index is 1.47. The maximum Gasteiger partial charge on any atom is 0.254 e. The number of carbonyl (C=O) groups excluding carboxylic acids is 1.